The SMILES string of the molecule is COc1ccc2c(c1)C(N1CCN(C(=O)c3ccc(C(F)(F)F)cc3)C(C)C1)=Nc1cc(C(F)(F)F)ccc1O2. The molecule has 40 heavy (non-hydrogen) atoms. The van der Waals surface area contributed by atoms with Gasteiger partial charge in [0.2, 0.25) is 0 Å². The Morgan fingerprint density at radius 2 is 1.55 bits per heavy atom. The second kappa shape index (κ2) is 10.1. The molecule has 2 aliphatic rings. The number of alkyl halides is 6. The van der Waals surface area contributed by atoms with Gasteiger partial charge in [-0.3, -0.25) is 4.79 Å². The number of amides is 1. The lowest BCUT2D eigenvalue weighted by Crippen LogP contribution is -2.55. The molecular weight excluding hydrogens is 540 g/mol. The highest BCUT2D eigenvalue weighted by atomic mass is 19.4. The van der Waals surface area contributed by atoms with Crippen LogP contribution in [0.3, 0.4) is 0 Å². The fourth-order valence-corrected chi connectivity index (χ4v) is 4.72. The Bertz CT molecular complexity index is 1470. The zero-order valence-electron chi connectivity index (χ0n) is 21.3. The summed E-state index contributed by atoms with van der Waals surface area (Å²) in [6.07, 6.45) is -9.09. The summed E-state index contributed by atoms with van der Waals surface area (Å²) in [4.78, 5) is 21.1. The molecule has 1 fully saturated rings. The summed E-state index contributed by atoms with van der Waals surface area (Å²) >= 11 is 0. The summed E-state index contributed by atoms with van der Waals surface area (Å²) in [5, 5.41) is 0. The van der Waals surface area contributed by atoms with Crippen molar-refractivity contribution in [2.75, 3.05) is 26.7 Å². The number of ether oxygens (including phenoxy) is 2. The minimum atomic E-state index is -4.58. The predicted molar refractivity (Wildman–Crippen MR) is 134 cm³/mol. The Balaban J connectivity index is 1.46. The lowest BCUT2D eigenvalue weighted by atomic mass is 10.1. The third-order valence-electron chi connectivity index (χ3n) is 6.81. The molecule has 1 saturated heterocycles. The van der Waals surface area contributed by atoms with E-state index in [-0.39, 0.29) is 36.6 Å². The molecule has 1 amide bonds. The lowest BCUT2D eigenvalue weighted by Gasteiger charge is -2.41. The zero-order valence-corrected chi connectivity index (χ0v) is 21.3. The van der Waals surface area contributed by atoms with Crippen LogP contribution in [-0.4, -0.2) is 54.3 Å². The molecule has 0 bridgehead atoms. The molecule has 0 saturated carbocycles. The molecule has 0 aromatic heterocycles. The summed E-state index contributed by atoms with van der Waals surface area (Å²) in [7, 11) is 1.48. The molecule has 0 radical (unpaired) electrons. The van der Waals surface area contributed by atoms with Crippen molar-refractivity contribution in [2.45, 2.75) is 25.3 Å². The highest BCUT2D eigenvalue weighted by molar-refractivity contribution is 6.04. The average molecular weight is 563 g/mol. The number of aliphatic imine (C=N–C) groups is 1. The molecule has 0 aliphatic carbocycles. The number of halogens is 6. The number of piperazine rings is 1. The molecule has 0 N–H and O–H groups in total. The van der Waals surface area contributed by atoms with Gasteiger partial charge in [-0.25, -0.2) is 4.99 Å². The normalized spacial score (nSPS) is 17.3. The third-order valence-corrected chi connectivity index (χ3v) is 6.81. The standard InChI is InChI=1S/C28H23F6N3O3/c1-16-15-36(11-12-37(16)26(38)17-3-5-18(6-4-17)27(29,30)31)25-21-14-20(39-2)8-10-23(21)40-24-9-7-19(28(32,33)34)13-22(24)35-25/h3-10,13-14,16H,11-12,15H2,1-2H3. The second-order valence-electron chi connectivity index (χ2n) is 9.45. The van der Waals surface area contributed by atoms with E-state index < -0.39 is 35.4 Å². The minimum absolute atomic E-state index is 0.00379. The van der Waals surface area contributed by atoms with Crippen LogP contribution in [0.1, 0.15) is 34.0 Å². The number of nitrogens with zero attached hydrogens (tertiary/aromatic N) is 3. The van der Waals surface area contributed by atoms with E-state index in [1.54, 1.807) is 30.0 Å². The van der Waals surface area contributed by atoms with E-state index in [0.29, 0.717) is 22.9 Å². The Labute approximate surface area is 225 Å². The van der Waals surface area contributed by atoms with Gasteiger partial charge in [0.1, 0.15) is 23.0 Å². The van der Waals surface area contributed by atoms with Crippen LogP contribution in [0, 0.1) is 0 Å². The molecule has 6 nitrogen and oxygen atoms in total. The number of methoxy groups -OCH3 is 1. The first kappa shape index (κ1) is 27.4. The number of rotatable bonds is 2. The van der Waals surface area contributed by atoms with E-state index in [2.05, 4.69) is 4.99 Å². The maximum atomic E-state index is 13.5. The van der Waals surface area contributed by atoms with Crippen molar-refractivity contribution >= 4 is 17.4 Å². The van der Waals surface area contributed by atoms with Gasteiger partial charge in [-0.05, 0) is 67.6 Å². The Morgan fingerprint density at radius 3 is 2.17 bits per heavy atom. The van der Waals surface area contributed by atoms with Gasteiger partial charge in [0.05, 0.1) is 23.8 Å². The van der Waals surface area contributed by atoms with E-state index >= 15 is 0 Å². The molecule has 5 rings (SSSR count). The van der Waals surface area contributed by atoms with Gasteiger partial charge in [-0.15, -0.1) is 0 Å². The highest BCUT2D eigenvalue weighted by Gasteiger charge is 2.35. The van der Waals surface area contributed by atoms with Gasteiger partial charge in [0, 0.05) is 31.2 Å². The monoisotopic (exact) mass is 563 g/mol. The molecule has 2 heterocycles. The summed E-state index contributed by atoms with van der Waals surface area (Å²) in [6, 6.07) is 11.7. The topological polar surface area (TPSA) is 54.4 Å². The lowest BCUT2D eigenvalue weighted by molar-refractivity contribution is -0.138. The number of carbonyl (C=O) groups excluding carboxylic acids is 1. The Kier molecular flexibility index (Phi) is 6.89. The second-order valence-corrected chi connectivity index (χ2v) is 9.45. The molecule has 3 aromatic rings. The summed E-state index contributed by atoms with van der Waals surface area (Å²) in [5.74, 6) is 0.934. The summed E-state index contributed by atoms with van der Waals surface area (Å²) in [6.45, 7) is 2.51. The highest BCUT2D eigenvalue weighted by Crippen LogP contribution is 2.42. The van der Waals surface area contributed by atoms with Crippen LogP contribution in [0.4, 0.5) is 32.0 Å². The van der Waals surface area contributed by atoms with Gasteiger partial charge in [0.25, 0.3) is 5.91 Å². The fraction of sp³-hybridized carbons (Fsp3) is 0.286. The van der Waals surface area contributed by atoms with Crippen LogP contribution >= 0.6 is 0 Å². The molecule has 12 heteroatoms. The van der Waals surface area contributed by atoms with Crippen molar-refractivity contribution in [1.82, 2.24) is 9.80 Å². The largest absolute Gasteiger partial charge is 0.497 e. The molecule has 3 aromatic carbocycles. The molecule has 0 spiro atoms. The predicted octanol–water partition coefficient (Wildman–Crippen LogP) is 6.76. The van der Waals surface area contributed by atoms with Crippen molar-refractivity contribution in [3.63, 3.8) is 0 Å². The molecular formula is C28H23F6N3O3. The maximum absolute atomic E-state index is 13.5. The van der Waals surface area contributed by atoms with Gasteiger partial charge < -0.3 is 19.3 Å². The first-order valence-electron chi connectivity index (χ1n) is 12.2. The smallest absolute Gasteiger partial charge is 0.416 e. The van der Waals surface area contributed by atoms with Crippen molar-refractivity contribution in [1.29, 1.82) is 0 Å². The summed E-state index contributed by atoms with van der Waals surface area (Å²) in [5.41, 5.74) is -1.10. The van der Waals surface area contributed by atoms with Gasteiger partial charge in [-0.2, -0.15) is 26.3 Å². The third kappa shape index (κ3) is 5.30. The van der Waals surface area contributed by atoms with E-state index in [9.17, 15) is 31.1 Å². The van der Waals surface area contributed by atoms with Crippen molar-refractivity contribution in [2.24, 2.45) is 4.99 Å². The van der Waals surface area contributed by atoms with Crippen LogP contribution in [0.5, 0.6) is 17.2 Å². The number of hydrogen-bond acceptors (Lipinski definition) is 5. The Morgan fingerprint density at radius 1 is 0.900 bits per heavy atom. The molecule has 1 unspecified atom stereocenters. The zero-order chi connectivity index (χ0) is 28.8. The molecule has 2 aliphatic heterocycles. The first-order chi connectivity index (χ1) is 18.8. The minimum Gasteiger partial charge on any atom is -0.497 e. The van der Waals surface area contributed by atoms with Crippen LogP contribution in [-0.2, 0) is 12.4 Å². The van der Waals surface area contributed by atoms with E-state index in [0.717, 1.165) is 36.4 Å². The fourth-order valence-electron chi connectivity index (χ4n) is 4.72. The van der Waals surface area contributed by atoms with Gasteiger partial charge in [0.15, 0.2) is 5.75 Å². The van der Waals surface area contributed by atoms with E-state index in [1.807, 2.05) is 4.90 Å². The van der Waals surface area contributed by atoms with Gasteiger partial charge in [-0.1, -0.05) is 0 Å². The van der Waals surface area contributed by atoms with E-state index in [1.165, 1.54) is 13.2 Å². The van der Waals surface area contributed by atoms with Gasteiger partial charge >= 0.3 is 12.4 Å². The number of carbonyl (C=O) groups is 1. The van der Waals surface area contributed by atoms with Crippen LogP contribution in [0.25, 0.3) is 0 Å². The Hall–Kier alpha value is -4.22. The van der Waals surface area contributed by atoms with Crippen LogP contribution in [0.15, 0.2) is 65.7 Å². The van der Waals surface area contributed by atoms with E-state index in [4.69, 9.17) is 9.47 Å². The quantitative estimate of drug-likeness (QED) is 0.323. The number of amidine groups is 1. The number of fused-ring (bicyclic) bond motifs is 2. The number of hydrogen-bond donors (Lipinski definition) is 0. The van der Waals surface area contributed by atoms with Crippen molar-refractivity contribution < 1.29 is 40.6 Å². The number of benzene rings is 3. The first-order valence-corrected chi connectivity index (χ1v) is 12.2. The molecule has 210 valence electrons. The van der Waals surface area contributed by atoms with Crippen LogP contribution < -0.4 is 9.47 Å². The maximum Gasteiger partial charge on any atom is 0.416 e. The average Bonchev–Trinajstić information content (AvgIpc) is 3.07. The molecule has 1 atom stereocenters. The summed E-state index contributed by atoms with van der Waals surface area (Å²) < 4.78 is 90.4. The van der Waals surface area contributed by atoms with Crippen molar-refractivity contribution in [3.05, 3.63) is 82.9 Å². The van der Waals surface area contributed by atoms with Crippen molar-refractivity contribution in [3.8, 4) is 17.2 Å². The van der Waals surface area contributed by atoms with Crippen LogP contribution in [0.2, 0.25) is 0 Å².